The van der Waals surface area contributed by atoms with Crippen LogP contribution < -0.4 is 4.74 Å². The molecular formula is C27H39FN2O5. The van der Waals surface area contributed by atoms with Crippen LogP contribution in [-0.2, 0) is 14.2 Å². The second kappa shape index (κ2) is 9.87. The van der Waals surface area contributed by atoms with Crippen molar-refractivity contribution in [1.82, 2.24) is 9.80 Å². The van der Waals surface area contributed by atoms with Crippen molar-refractivity contribution in [3.05, 3.63) is 29.6 Å². The molecule has 4 aliphatic heterocycles. The molecule has 35 heavy (non-hydrogen) atoms. The maximum absolute atomic E-state index is 14.1. The molecule has 0 aromatic heterocycles. The van der Waals surface area contributed by atoms with E-state index in [-0.39, 0.29) is 17.5 Å². The summed E-state index contributed by atoms with van der Waals surface area (Å²) in [5.41, 5.74) is 0.279. The van der Waals surface area contributed by atoms with Crippen molar-refractivity contribution in [1.29, 1.82) is 0 Å². The van der Waals surface area contributed by atoms with E-state index >= 15 is 0 Å². The Hall–Kier alpha value is -1.90. The zero-order chi connectivity index (χ0) is 24.6. The molecule has 0 saturated carbocycles. The molecule has 0 N–H and O–H groups in total. The van der Waals surface area contributed by atoms with E-state index in [2.05, 4.69) is 4.90 Å². The molecule has 1 spiro atoms. The first-order valence-corrected chi connectivity index (χ1v) is 13.1. The number of benzene rings is 1. The summed E-state index contributed by atoms with van der Waals surface area (Å²) < 4.78 is 37.4. The Morgan fingerprint density at radius 3 is 2.63 bits per heavy atom. The smallest absolute Gasteiger partial charge is 0.410 e. The molecule has 0 aliphatic carbocycles. The van der Waals surface area contributed by atoms with Crippen LogP contribution in [0.25, 0.3) is 0 Å². The first kappa shape index (κ1) is 24.8. The van der Waals surface area contributed by atoms with Gasteiger partial charge >= 0.3 is 6.09 Å². The van der Waals surface area contributed by atoms with Crippen molar-refractivity contribution in [3.63, 3.8) is 0 Å². The van der Waals surface area contributed by atoms with Crippen LogP contribution >= 0.6 is 0 Å². The number of rotatable bonds is 5. The van der Waals surface area contributed by atoms with Crippen LogP contribution in [0.4, 0.5) is 9.18 Å². The predicted octanol–water partition coefficient (Wildman–Crippen LogP) is 4.20. The van der Waals surface area contributed by atoms with Crippen molar-refractivity contribution in [2.24, 2.45) is 5.92 Å². The lowest BCUT2D eigenvalue weighted by Gasteiger charge is -2.47. The van der Waals surface area contributed by atoms with E-state index in [1.165, 1.54) is 6.07 Å². The molecule has 4 heterocycles. The van der Waals surface area contributed by atoms with E-state index in [9.17, 15) is 9.18 Å². The zero-order valence-corrected chi connectivity index (χ0v) is 21.3. The number of nitrogens with zero attached hydrogens (tertiary/aromatic N) is 2. The summed E-state index contributed by atoms with van der Waals surface area (Å²) in [7, 11) is 0. The van der Waals surface area contributed by atoms with Gasteiger partial charge in [0.25, 0.3) is 0 Å². The van der Waals surface area contributed by atoms with Gasteiger partial charge in [-0.3, -0.25) is 4.90 Å². The molecular weight excluding hydrogens is 451 g/mol. The summed E-state index contributed by atoms with van der Waals surface area (Å²) in [6.07, 6.45) is 3.65. The Kier molecular flexibility index (Phi) is 6.98. The fourth-order valence-electron chi connectivity index (χ4n) is 5.85. The van der Waals surface area contributed by atoms with Crippen molar-refractivity contribution in [2.45, 2.75) is 69.6 Å². The summed E-state index contributed by atoms with van der Waals surface area (Å²) in [5, 5.41) is 0. The second-order valence-electron chi connectivity index (χ2n) is 11.7. The van der Waals surface area contributed by atoms with Gasteiger partial charge in [0.05, 0.1) is 32.9 Å². The third kappa shape index (κ3) is 5.75. The van der Waals surface area contributed by atoms with Crippen LogP contribution in [0.15, 0.2) is 18.2 Å². The summed E-state index contributed by atoms with van der Waals surface area (Å²) in [4.78, 5) is 16.6. The van der Waals surface area contributed by atoms with Gasteiger partial charge in [-0.15, -0.1) is 0 Å². The average Bonchev–Trinajstić information content (AvgIpc) is 3.46. The first-order valence-electron chi connectivity index (χ1n) is 13.1. The molecule has 5 rings (SSSR count). The minimum atomic E-state index is -0.485. The van der Waals surface area contributed by atoms with Crippen molar-refractivity contribution >= 4 is 6.09 Å². The van der Waals surface area contributed by atoms with Crippen LogP contribution in [0.1, 0.15) is 57.9 Å². The van der Waals surface area contributed by atoms with Crippen LogP contribution in [0.2, 0.25) is 0 Å². The number of hydrogen-bond donors (Lipinski definition) is 0. The van der Waals surface area contributed by atoms with Gasteiger partial charge in [0, 0.05) is 24.1 Å². The summed E-state index contributed by atoms with van der Waals surface area (Å²) in [6, 6.07) is 5.30. The van der Waals surface area contributed by atoms with Crippen LogP contribution in [0.5, 0.6) is 5.75 Å². The number of amides is 1. The predicted molar refractivity (Wildman–Crippen MR) is 129 cm³/mol. The van der Waals surface area contributed by atoms with Gasteiger partial charge in [-0.05, 0) is 83.7 Å². The van der Waals surface area contributed by atoms with E-state index in [1.54, 1.807) is 17.0 Å². The van der Waals surface area contributed by atoms with E-state index in [0.717, 1.165) is 63.3 Å². The lowest BCUT2D eigenvalue weighted by atomic mass is 9.86. The van der Waals surface area contributed by atoms with Gasteiger partial charge in [0.2, 0.25) is 0 Å². The molecule has 0 bridgehead atoms. The Morgan fingerprint density at radius 2 is 1.94 bits per heavy atom. The van der Waals surface area contributed by atoms with Crippen molar-refractivity contribution in [3.8, 4) is 5.75 Å². The number of halogens is 1. The number of carbonyl (C=O) groups excluding carboxylic acids is 1. The standard InChI is InChI=1S/C27H39FN2O5/c1-26(2,3)35-25(31)30-17-27(18-30)13-22(16-34-27)29-9-6-20(7-10-29)23-12-21(28)4-5-24(23)33-15-19-8-11-32-14-19/h4-5,12,19-20,22H,6-11,13-18H2,1-3H3/t19-,22+/m1/s1. The van der Waals surface area contributed by atoms with Gasteiger partial charge < -0.3 is 23.8 Å². The van der Waals surface area contributed by atoms with Crippen LogP contribution in [0.3, 0.4) is 0 Å². The summed E-state index contributed by atoms with van der Waals surface area (Å²) in [5.74, 6) is 1.32. The van der Waals surface area contributed by atoms with Gasteiger partial charge in [0.15, 0.2) is 0 Å². The van der Waals surface area contributed by atoms with Crippen LogP contribution in [0, 0.1) is 11.7 Å². The number of likely N-dealkylation sites (tertiary alicyclic amines) is 2. The van der Waals surface area contributed by atoms with Crippen LogP contribution in [-0.4, -0.2) is 85.7 Å². The molecule has 2 atom stereocenters. The highest BCUT2D eigenvalue weighted by Crippen LogP contribution is 2.40. The largest absolute Gasteiger partial charge is 0.493 e. The van der Waals surface area contributed by atoms with Crippen molar-refractivity contribution < 1.29 is 28.1 Å². The Bertz CT molecular complexity index is 899. The van der Waals surface area contributed by atoms with Gasteiger partial charge in [-0.2, -0.15) is 0 Å². The maximum Gasteiger partial charge on any atom is 0.410 e. The number of piperidine rings is 1. The molecule has 1 aromatic rings. The maximum atomic E-state index is 14.1. The highest BCUT2D eigenvalue weighted by Gasteiger charge is 2.53. The second-order valence-corrected chi connectivity index (χ2v) is 11.7. The fourth-order valence-corrected chi connectivity index (χ4v) is 5.85. The summed E-state index contributed by atoms with van der Waals surface area (Å²) >= 11 is 0. The van der Waals surface area contributed by atoms with Crippen molar-refractivity contribution in [2.75, 3.05) is 52.6 Å². The van der Waals surface area contributed by atoms with E-state index in [0.29, 0.717) is 44.2 Å². The highest BCUT2D eigenvalue weighted by atomic mass is 19.1. The SMILES string of the molecule is CC(C)(C)OC(=O)N1CC2(C[C@H](N3CCC(c4cc(F)ccc4OC[C@@H]4CCOC4)CC3)CO2)C1. The molecule has 4 aliphatic rings. The Balaban J connectivity index is 1.12. The summed E-state index contributed by atoms with van der Waals surface area (Å²) in [6.45, 7) is 11.6. The molecule has 1 amide bonds. The average molecular weight is 491 g/mol. The minimum Gasteiger partial charge on any atom is -0.493 e. The van der Waals surface area contributed by atoms with E-state index in [1.807, 2.05) is 20.8 Å². The Labute approximate surface area is 207 Å². The molecule has 4 saturated heterocycles. The molecule has 8 heteroatoms. The number of ether oxygens (including phenoxy) is 4. The monoisotopic (exact) mass is 490 g/mol. The van der Waals surface area contributed by atoms with Gasteiger partial charge in [-0.1, -0.05) is 0 Å². The number of carbonyl (C=O) groups is 1. The molecule has 0 radical (unpaired) electrons. The van der Waals surface area contributed by atoms with Gasteiger partial charge in [-0.25, -0.2) is 9.18 Å². The molecule has 1 aromatic carbocycles. The molecule has 194 valence electrons. The lowest BCUT2D eigenvalue weighted by molar-refractivity contribution is -0.109. The molecule has 0 unspecified atom stereocenters. The normalized spacial score (nSPS) is 27.3. The molecule has 4 fully saturated rings. The number of hydrogen-bond acceptors (Lipinski definition) is 6. The van der Waals surface area contributed by atoms with E-state index < -0.39 is 5.60 Å². The third-order valence-corrected chi connectivity index (χ3v) is 7.76. The first-order chi connectivity index (χ1) is 16.7. The van der Waals surface area contributed by atoms with E-state index in [4.69, 9.17) is 18.9 Å². The van der Waals surface area contributed by atoms with Gasteiger partial charge in [0.1, 0.15) is 22.8 Å². The Morgan fingerprint density at radius 1 is 1.17 bits per heavy atom. The molecule has 7 nitrogen and oxygen atoms in total. The quantitative estimate of drug-likeness (QED) is 0.617. The lowest BCUT2D eigenvalue weighted by Crippen LogP contribution is -2.64. The minimum absolute atomic E-state index is 0.204. The topological polar surface area (TPSA) is 60.5 Å². The fraction of sp³-hybridized carbons (Fsp3) is 0.741. The highest BCUT2D eigenvalue weighted by molar-refractivity contribution is 5.69. The zero-order valence-electron chi connectivity index (χ0n) is 21.3. The third-order valence-electron chi connectivity index (χ3n) is 7.76.